The summed E-state index contributed by atoms with van der Waals surface area (Å²) >= 11 is 0. The summed E-state index contributed by atoms with van der Waals surface area (Å²) in [5.74, 6) is -0.0801. The maximum absolute atomic E-state index is 9.87. The number of ether oxygens (including phenoxy) is 1. The third kappa shape index (κ3) is 5.47. The lowest BCUT2D eigenvalue weighted by molar-refractivity contribution is 0.0439. The lowest BCUT2D eigenvalue weighted by atomic mass is 9.93. The maximum atomic E-state index is 9.87. The molecule has 0 aliphatic carbocycles. The molecule has 0 radical (unpaired) electrons. The van der Waals surface area contributed by atoms with Crippen LogP contribution in [-0.2, 0) is 24.2 Å². The van der Waals surface area contributed by atoms with Crippen molar-refractivity contribution in [2.75, 3.05) is 13.2 Å². The second-order valence-electron chi connectivity index (χ2n) is 7.49. The van der Waals surface area contributed by atoms with E-state index in [1.807, 2.05) is 6.07 Å². The number of fused-ring (bicyclic) bond motifs is 1. The van der Waals surface area contributed by atoms with E-state index in [-0.39, 0.29) is 17.5 Å². The molecule has 1 heterocycles. The van der Waals surface area contributed by atoms with Gasteiger partial charge in [-0.1, -0.05) is 56.5 Å². The van der Waals surface area contributed by atoms with E-state index in [1.54, 1.807) is 12.1 Å². The molecule has 4 heteroatoms. The Morgan fingerprint density at radius 1 is 1.00 bits per heavy atom. The third-order valence-corrected chi connectivity index (χ3v) is 5.32. The van der Waals surface area contributed by atoms with Crippen molar-refractivity contribution in [2.45, 2.75) is 58.2 Å². The Morgan fingerprint density at radius 2 is 1.74 bits per heavy atom. The summed E-state index contributed by atoms with van der Waals surface area (Å²) < 4.78 is 6.00. The Balaban J connectivity index is 1.67. The molecule has 3 rings (SSSR count). The van der Waals surface area contributed by atoms with E-state index in [9.17, 15) is 10.2 Å². The van der Waals surface area contributed by atoms with Crippen molar-refractivity contribution in [1.29, 1.82) is 0 Å². The molecular formula is C23H31NO3. The topological polar surface area (TPSA) is 52.9 Å². The molecule has 0 aromatic heterocycles. The van der Waals surface area contributed by atoms with Gasteiger partial charge in [0.1, 0.15) is 0 Å². The molecule has 1 aliphatic rings. The highest BCUT2D eigenvalue weighted by Crippen LogP contribution is 2.33. The first kappa shape index (κ1) is 19.7. The highest BCUT2D eigenvalue weighted by atomic mass is 16.5. The zero-order valence-electron chi connectivity index (χ0n) is 16.2. The Labute approximate surface area is 162 Å². The fourth-order valence-corrected chi connectivity index (χ4v) is 3.75. The number of benzene rings is 2. The van der Waals surface area contributed by atoms with Gasteiger partial charge in [0, 0.05) is 25.7 Å². The number of unbranched alkanes of at least 4 members (excludes halogenated alkanes) is 3. The van der Waals surface area contributed by atoms with Crippen LogP contribution in [0, 0.1) is 0 Å². The van der Waals surface area contributed by atoms with Crippen LogP contribution in [0.3, 0.4) is 0 Å². The fraction of sp³-hybridized carbons (Fsp3) is 0.478. The van der Waals surface area contributed by atoms with Gasteiger partial charge in [0.25, 0.3) is 0 Å². The van der Waals surface area contributed by atoms with Gasteiger partial charge in [-0.2, -0.15) is 0 Å². The van der Waals surface area contributed by atoms with Crippen LogP contribution < -0.4 is 0 Å². The molecule has 27 heavy (non-hydrogen) atoms. The van der Waals surface area contributed by atoms with E-state index in [0.29, 0.717) is 6.61 Å². The number of hydrogen-bond donors (Lipinski definition) is 2. The van der Waals surface area contributed by atoms with E-state index >= 15 is 0 Å². The minimum atomic E-state index is -0.0426. The van der Waals surface area contributed by atoms with E-state index in [0.717, 1.165) is 43.7 Å². The first-order valence-electron chi connectivity index (χ1n) is 10.1. The predicted octanol–water partition coefficient (Wildman–Crippen LogP) is 4.62. The van der Waals surface area contributed by atoms with Crippen LogP contribution in [0.25, 0.3) is 0 Å². The summed E-state index contributed by atoms with van der Waals surface area (Å²) in [4.78, 5) is 2.42. The molecule has 0 saturated carbocycles. The summed E-state index contributed by atoms with van der Waals surface area (Å²) in [5, 5.41) is 19.7. The Bertz CT molecular complexity index is 717. The first-order valence-corrected chi connectivity index (χ1v) is 10.1. The maximum Gasteiger partial charge on any atom is 0.157 e. The highest BCUT2D eigenvalue weighted by molar-refractivity contribution is 5.46. The van der Waals surface area contributed by atoms with Gasteiger partial charge in [0.05, 0.1) is 6.61 Å². The van der Waals surface area contributed by atoms with Crippen molar-refractivity contribution in [3.63, 3.8) is 0 Å². The van der Waals surface area contributed by atoms with Crippen LogP contribution in [0.15, 0.2) is 42.5 Å². The van der Waals surface area contributed by atoms with Crippen LogP contribution in [0.2, 0.25) is 0 Å². The van der Waals surface area contributed by atoms with Crippen molar-refractivity contribution >= 4 is 0 Å². The molecule has 0 spiro atoms. The number of rotatable bonds is 9. The second-order valence-corrected chi connectivity index (χ2v) is 7.49. The normalized spacial score (nSPS) is 17.0. The molecule has 146 valence electrons. The second kappa shape index (κ2) is 9.77. The lowest BCUT2D eigenvalue weighted by Crippen LogP contribution is -2.42. The molecule has 2 aromatic carbocycles. The van der Waals surface area contributed by atoms with Gasteiger partial charge in [-0.05, 0) is 41.7 Å². The number of phenolic OH excluding ortho intramolecular Hbond substituents is 2. The monoisotopic (exact) mass is 369 g/mol. The van der Waals surface area contributed by atoms with Gasteiger partial charge in [-0.25, -0.2) is 0 Å². The summed E-state index contributed by atoms with van der Waals surface area (Å²) in [6.07, 6.45) is 5.67. The zero-order chi connectivity index (χ0) is 19.1. The van der Waals surface area contributed by atoms with E-state index in [1.165, 1.54) is 24.8 Å². The van der Waals surface area contributed by atoms with Crippen molar-refractivity contribution in [2.24, 2.45) is 0 Å². The van der Waals surface area contributed by atoms with Crippen LogP contribution >= 0.6 is 0 Å². The van der Waals surface area contributed by atoms with Crippen LogP contribution in [-0.4, -0.2) is 34.4 Å². The third-order valence-electron chi connectivity index (χ3n) is 5.32. The largest absolute Gasteiger partial charge is 0.504 e. The summed E-state index contributed by atoms with van der Waals surface area (Å²) in [6.45, 7) is 5.33. The Kier molecular flexibility index (Phi) is 7.13. The van der Waals surface area contributed by atoms with Crippen LogP contribution in [0.5, 0.6) is 11.5 Å². The van der Waals surface area contributed by atoms with Gasteiger partial charge in [0.15, 0.2) is 11.5 Å². The summed E-state index contributed by atoms with van der Waals surface area (Å²) in [5.41, 5.74) is 3.46. The quantitative estimate of drug-likeness (QED) is 0.500. The van der Waals surface area contributed by atoms with Gasteiger partial charge < -0.3 is 14.9 Å². The van der Waals surface area contributed by atoms with Crippen LogP contribution in [0.4, 0.5) is 0 Å². The molecule has 1 atom stereocenters. The molecule has 1 aliphatic heterocycles. The minimum absolute atomic E-state index is 0.0375. The average Bonchev–Trinajstić information content (AvgIpc) is 2.67. The molecule has 0 amide bonds. The van der Waals surface area contributed by atoms with E-state index < -0.39 is 0 Å². The summed E-state index contributed by atoms with van der Waals surface area (Å²) in [6, 6.07) is 14.1. The lowest BCUT2D eigenvalue weighted by Gasteiger charge is -2.37. The van der Waals surface area contributed by atoms with Gasteiger partial charge >= 0.3 is 0 Å². The van der Waals surface area contributed by atoms with Gasteiger partial charge in [-0.15, -0.1) is 0 Å². The smallest absolute Gasteiger partial charge is 0.157 e. The van der Waals surface area contributed by atoms with Crippen molar-refractivity contribution in [3.8, 4) is 11.5 Å². The first-order chi connectivity index (χ1) is 13.2. The van der Waals surface area contributed by atoms with Gasteiger partial charge in [-0.3, -0.25) is 4.90 Å². The van der Waals surface area contributed by atoms with Gasteiger partial charge in [0.2, 0.25) is 0 Å². The molecule has 0 fully saturated rings. The SMILES string of the molecule is CCCCCCOCC1Cc2cc(O)c(O)cc2CN1Cc1ccccc1. The molecule has 4 nitrogen and oxygen atoms in total. The minimum Gasteiger partial charge on any atom is -0.504 e. The molecule has 1 unspecified atom stereocenters. The zero-order valence-corrected chi connectivity index (χ0v) is 16.2. The fourth-order valence-electron chi connectivity index (χ4n) is 3.75. The number of hydrogen-bond acceptors (Lipinski definition) is 4. The average molecular weight is 370 g/mol. The summed E-state index contributed by atoms with van der Waals surface area (Å²) in [7, 11) is 0. The molecular weight excluding hydrogens is 338 g/mol. The van der Waals surface area contributed by atoms with Crippen molar-refractivity contribution in [1.82, 2.24) is 4.90 Å². The standard InChI is InChI=1S/C23H31NO3/c1-2-3-4-8-11-27-17-21-12-19-13-22(25)23(26)14-20(19)16-24(21)15-18-9-6-5-7-10-18/h5-7,9-10,13-14,21,25-26H,2-4,8,11-12,15-17H2,1H3. The van der Waals surface area contributed by atoms with E-state index in [4.69, 9.17) is 4.74 Å². The number of phenols is 2. The van der Waals surface area contributed by atoms with Crippen molar-refractivity contribution in [3.05, 3.63) is 59.2 Å². The molecule has 2 N–H and O–H groups in total. The highest BCUT2D eigenvalue weighted by Gasteiger charge is 2.27. The number of nitrogens with zero attached hydrogens (tertiary/aromatic N) is 1. The molecule has 0 saturated heterocycles. The van der Waals surface area contributed by atoms with E-state index in [2.05, 4.69) is 36.1 Å². The Hall–Kier alpha value is -2.04. The molecule has 0 bridgehead atoms. The predicted molar refractivity (Wildman–Crippen MR) is 108 cm³/mol. The molecule has 2 aromatic rings. The Morgan fingerprint density at radius 3 is 2.48 bits per heavy atom. The number of aromatic hydroxyl groups is 2. The van der Waals surface area contributed by atoms with Crippen molar-refractivity contribution < 1.29 is 14.9 Å². The van der Waals surface area contributed by atoms with Crippen LogP contribution in [0.1, 0.15) is 49.3 Å².